The summed E-state index contributed by atoms with van der Waals surface area (Å²) in [6, 6.07) is 1.95. The maximum absolute atomic E-state index is 11.9. The molecule has 0 radical (unpaired) electrons. The molecule has 0 N–H and O–H groups in total. The molecule has 0 atom stereocenters. The van der Waals surface area contributed by atoms with Gasteiger partial charge in [0, 0.05) is 18.8 Å². The van der Waals surface area contributed by atoms with E-state index in [0.717, 1.165) is 24.8 Å². The van der Waals surface area contributed by atoms with Gasteiger partial charge in [0.1, 0.15) is 5.60 Å². The summed E-state index contributed by atoms with van der Waals surface area (Å²) in [4.78, 5) is 15.9. The second-order valence-electron chi connectivity index (χ2n) is 4.84. The monoisotopic (exact) mass is 217 g/mol. The molecule has 1 saturated carbocycles. The van der Waals surface area contributed by atoms with E-state index in [2.05, 4.69) is 4.98 Å². The number of hydrogen-bond donors (Lipinski definition) is 0. The third-order valence-electron chi connectivity index (χ3n) is 3.72. The standard InChI is InChI=1S/C13H15NO2/c15-12-11-9-14-7-4-10(11)8-13(16-12)5-2-1-3-6-13/h4,7,9H,1-3,5-6,8H2. The molecular formula is C13H15NO2. The summed E-state index contributed by atoms with van der Waals surface area (Å²) in [5.41, 5.74) is 1.55. The van der Waals surface area contributed by atoms with E-state index in [1.54, 1.807) is 12.4 Å². The molecule has 16 heavy (non-hydrogen) atoms. The zero-order chi connectivity index (χ0) is 11.0. The smallest absolute Gasteiger partial charge is 0.340 e. The minimum Gasteiger partial charge on any atom is -0.455 e. The molecule has 0 aromatic carbocycles. The molecule has 0 saturated heterocycles. The number of carbonyl (C=O) groups is 1. The van der Waals surface area contributed by atoms with Gasteiger partial charge in [0.2, 0.25) is 0 Å². The molecule has 1 spiro atoms. The Morgan fingerprint density at radius 2 is 2.06 bits per heavy atom. The molecule has 1 aromatic heterocycles. The molecule has 0 unspecified atom stereocenters. The number of rotatable bonds is 0. The second kappa shape index (κ2) is 3.58. The van der Waals surface area contributed by atoms with Crippen LogP contribution < -0.4 is 0 Å². The van der Waals surface area contributed by atoms with Gasteiger partial charge in [-0.3, -0.25) is 4.98 Å². The fourth-order valence-electron chi connectivity index (χ4n) is 2.87. The Morgan fingerprint density at radius 1 is 1.25 bits per heavy atom. The van der Waals surface area contributed by atoms with Gasteiger partial charge < -0.3 is 4.74 Å². The number of fused-ring (bicyclic) bond motifs is 1. The van der Waals surface area contributed by atoms with Gasteiger partial charge in [-0.2, -0.15) is 0 Å². The first-order chi connectivity index (χ1) is 7.79. The van der Waals surface area contributed by atoms with Gasteiger partial charge in [-0.15, -0.1) is 0 Å². The van der Waals surface area contributed by atoms with E-state index in [1.165, 1.54) is 19.3 Å². The zero-order valence-electron chi connectivity index (χ0n) is 9.24. The van der Waals surface area contributed by atoms with Crippen LogP contribution in [0.25, 0.3) is 0 Å². The minimum atomic E-state index is -0.205. The number of carbonyl (C=O) groups excluding carboxylic acids is 1. The van der Waals surface area contributed by atoms with Gasteiger partial charge in [-0.05, 0) is 37.3 Å². The van der Waals surface area contributed by atoms with E-state index in [4.69, 9.17) is 4.74 Å². The van der Waals surface area contributed by atoms with Crippen LogP contribution in [-0.2, 0) is 11.2 Å². The van der Waals surface area contributed by atoms with Crippen LogP contribution in [0.3, 0.4) is 0 Å². The Hall–Kier alpha value is -1.38. The predicted octanol–water partition coefficient (Wildman–Crippen LogP) is 2.50. The SMILES string of the molecule is O=C1OC2(CCCCC2)Cc2ccncc21. The maximum atomic E-state index is 11.9. The van der Waals surface area contributed by atoms with Crippen LogP contribution in [-0.4, -0.2) is 16.6 Å². The van der Waals surface area contributed by atoms with Crippen molar-refractivity contribution in [3.05, 3.63) is 29.6 Å². The highest BCUT2D eigenvalue weighted by molar-refractivity contribution is 5.92. The summed E-state index contributed by atoms with van der Waals surface area (Å²) in [7, 11) is 0. The molecule has 2 heterocycles. The first-order valence-corrected chi connectivity index (χ1v) is 5.95. The lowest BCUT2D eigenvalue weighted by Crippen LogP contribution is -2.43. The Labute approximate surface area is 94.8 Å². The van der Waals surface area contributed by atoms with E-state index >= 15 is 0 Å². The van der Waals surface area contributed by atoms with Crippen molar-refractivity contribution >= 4 is 5.97 Å². The van der Waals surface area contributed by atoms with Crippen molar-refractivity contribution in [2.24, 2.45) is 0 Å². The molecule has 3 rings (SSSR count). The molecule has 84 valence electrons. The highest BCUT2D eigenvalue weighted by atomic mass is 16.6. The Morgan fingerprint density at radius 3 is 2.88 bits per heavy atom. The van der Waals surface area contributed by atoms with Gasteiger partial charge in [-0.25, -0.2) is 4.79 Å². The predicted molar refractivity (Wildman–Crippen MR) is 59.2 cm³/mol. The molecule has 0 amide bonds. The van der Waals surface area contributed by atoms with Crippen LogP contribution in [0.5, 0.6) is 0 Å². The number of hydrogen-bond acceptors (Lipinski definition) is 3. The first kappa shape index (κ1) is 9.82. The van der Waals surface area contributed by atoms with E-state index in [-0.39, 0.29) is 11.6 Å². The van der Waals surface area contributed by atoms with Crippen LogP contribution in [0, 0.1) is 0 Å². The van der Waals surface area contributed by atoms with Crippen molar-refractivity contribution in [1.29, 1.82) is 0 Å². The maximum Gasteiger partial charge on any atom is 0.340 e. The Bertz CT molecular complexity index is 422. The van der Waals surface area contributed by atoms with Crippen molar-refractivity contribution in [3.63, 3.8) is 0 Å². The van der Waals surface area contributed by atoms with Gasteiger partial charge in [-0.1, -0.05) is 6.42 Å². The second-order valence-corrected chi connectivity index (χ2v) is 4.84. The minimum absolute atomic E-state index is 0.184. The topological polar surface area (TPSA) is 39.2 Å². The van der Waals surface area contributed by atoms with E-state index in [0.29, 0.717) is 5.56 Å². The number of ether oxygens (including phenoxy) is 1. The number of esters is 1. The summed E-state index contributed by atoms with van der Waals surface area (Å²) in [5, 5.41) is 0. The van der Waals surface area contributed by atoms with E-state index < -0.39 is 0 Å². The highest BCUT2D eigenvalue weighted by Gasteiger charge is 2.40. The van der Waals surface area contributed by atoms with Crippen molar-refractivity contribution in [1.82, 2.24) is 4.98 Å². The highest BCUT2D eigenvalue weighted by Crippen LogP contribution is 2.38. The average molecular weight is 217 g/mol. The lowest BCUT2D eigenvalue weighted by Gasteiger charge is -2.40. The van der Waals surface area contributed by atoms with Crippen LogP contribution in [0.4, 0.5) is 0 Å². The van der Waals surface area contributed by atoms with Crippen molar-refractivity contribution in [3.8, 4) is 0 Å². The summed E-state index contributed by atoms with van der Waals surface area (Å²) in [6.07, 6.45) is 9.89. The fraction of sp³-hybridized carbons (Fsp3) is 0.538. The van der Waals surface area contributed by atoms with Gasteiger partial charge in [0.05, 0.1) is 5.56 Å². The lowest BCUT2D eigenvalue weighted by molar-refractivity contribution is -0.0435. The molecule has 1 aliphatic carbocycles. The first-order valence-electron chi connectivity index (χ1n) is 5.95. The lowest BCUT2D eigenvalue weighted by atomic mass is 9.78. The van der Waals surface area contributed by atoms with Crippen molar-refractivity contribution in [2.75, 3.05) is 0 Å². The van der Waals surface area contributed by atoms with Crippen LogP contribution in [0.15, 0.2) is 18.5 Å². The molecule has 0 bridgehead atoms. The molecule has 3 heteroatoms. The Balaban J connectivity index is 1.96. The quantitative estimate of drug-likeness (QED) is 0.627. The Kier molecular flexibility index (Phi) is 2.20. The zero-order valence-corrected chi connectivity index (χ0v) is 9.24. The number of aromatic nitrogens is 1. The normalized spacial score (nSPS) is 22.6. The van der Waals surface area contributed by atoms with Crippen LogP contribution in [0.1, 0.15) is 48.0 Å². The molecule has 3 nitrogen and oxygen atoms in total. The van der Waals surface area contributed by atoms with Crippen molar-refractivity contribution in [2.45, 2.75) is 44.1 Å². The van der Waals surface area contributed by atoms with Crippen molar-refractivity contribution < 1.29 is 9.53 Å². The third-order valence-corrected chi connectivity index (χ3v) is 3.72. The van der Waals surface area contributed by atoms with Crippen LogP contribution in [0.2, 0.25) is 0 Å². The molecule has 2 aliphatic rings. The molecule has 1 fully saturated rings. The molecule has 1 aromatic rings. The average Bonchev–Trinajstić information content (AvgIpc) is 2.30. The van der Waals surface area contributed by atoms with E-state index in [1.807, 2.05) is 6.07 Å². The van der Waals surface area contributed by atoms with Crippen LogP contribution >= 0.6 is 0 Å². The van der Waals surface area contributed by atoms with Gasteiger partial charge in [0.25, 0.3) is 0 Å². The summed E-state index contributed by atoms with van der Waals surface area (Å²) in [5.74, 6) is -0.184. The largest absolute Gasteiger partial charge is 0.455 e. The molecule has 1 aliphatic heterocycles. The van der Waals surface area contributed by atoms with Gasteiger partial charge in [0.15, 0.2) is 0 Å². The fourth-order valence-corrected chi connectivity index (χ4v) is 2.87. The summed E-state index contributed by atoms with van der Waals surface area (Å²) >= 11 is 0. The summed E-state index contributed by atoms with van der Waals surface area (Å²) in [6.45, 7) is 0. The summed E-state index contributed by atoms with van der Waals surface area (Å²) < 4.78 is 5.66. The van der Waals surface area contributed by atoms with Gasteiger partial charge >= 0.3 is 5.97 Å². The number of pyridine rings is 1. The molecular weight excluding hydrogens is 202 g/mol. The third kappa shape index (κ3) is 1.51. The number of nitrogens with zero attached hydrogens (tertiary/aromatic N) is 1. The van der Waals surface area contributed by atoms with E-state index in [9.17, 15) is 4.79 Å².